The third-order valence-corrected chi connectivity index (χ3v) is 6.82. The molecule has 1 N–H and O–H groups in total. The van der Waals surface area contributed by atoms with Crippen LogP contribution in [0.15, 0.2) is 66.2 Å². The number of aromatic nitrogens is 1. The Labute approximate surface area is 194 Å². The van der Waals surface area contributed by atoms with Gasteiger partial charge in [-0.2, -0.15) is 5.26 Å². The van der Waals surface area contributed by atoms with E-state index < -0.39 is 10.0 Å². The van der Waals surface area contributed by atoms with Crippen LogP contribution in [0.25, 0.3) is 5.57 Å². The summed E-state index contributed by atoms with van der Waals surface area (Å²) in [7, 11) is -3.96. The normalized spacial score (nSPS) is 11.6. The molecule has 158 valence electrons. The quantitative estimate of drug-likeness (QED) is 0.380. The topological polar surface area (TPSA) is 92.1 Å². The highest BCUT2D eigenvalue weighted by molar-refractivity contribution is 7.93. The Balaban J connectivity index is 1.97. The lowest BCUT2D eigenvalue weighted by Gasteiger charge is -2.14. The first-order chi connectivity index (χ1) is 14.8. The first kappa shape index (κ1) is 22.8. The first-order valence-electron chi connectivity index (χ1n) is 8.72. The molecule has 6 nitrogen and oxygen atoms in total. The number of anilines is 1. The van der Waals surface area contributed by atoms with Crippen LogP contribution < -0.4 is 9.46 Å². The van der Waals surface area contributed by atoms with E-state index in [9.17, 15) is 13.7 Å². The van der Waals surface area contributed by atoms with Gasteiger partial charge < -0.3 is 4.74 Å². The van der Waals surface area contributed by atoms with Crippen molar-refractivity contribution in [1.82, 2.24) is 4.98 Å². The molecule has 0 fully saturated rings. The zero-order valence-corrected chi connectivity index (χ0v) is 19.2. The van der Waals surface area contributed by atoms with Crippen molar-refractivity contribution in [2.24, 2.45) is 0 Å². The van der Waals surface area contributed by atoms with Gasteiger partial charge in [-0.25, -0.2) is 13.4 Å². The van der Waals surface area contributed by atoms with E-state index >= 15 is 0 Å². The molecule has 0 saturated carbocycles. The fourth-order valence-corrected chi connectivity index (χ4v) is 4.90. The summed E-state index contributed by atoms with van der Waals surface area (Å²) in [6.45, 7) is 5.64. The average Bonchev–Trinajstić information content (AvgIpc) is 3.14. The minimum Gasteiger partial charge on any atom is -0.455 e. The van der Waals surface area contributed by atoms with Crippen molar-refractivity contribution in [3.05, 3.63) is 81.8 Å². The largest absolute Gasteiger partial charge is 0.455 e. The van der Waals surface area contributed by atoms with Crippen LogP contribution >= 0.6 is 34.5 Å². The Bertz CT molecular complexity index is 1330. The molecule has 0 unspecified atom stereocenters. The van der Waals surface area contributed by atoms with E-state index in [1.807, 2.05) is 19.1 Å². The Morgan fingerprint density at radius 2 is 2.00 bits per heavy atom. The number of nitrogens with zero attached hydrogens (tertiary/aromatic N) is 2. The average molecular weight is 492 g/mol. The summed E-state index contributed by atoms with van der Waals surface area (Å²) in [5.74, 6) is 0.641. The minimum absolute atomic E-state index is 0.0431. The smallest absolute Gasteiger partial charge is 0.263 e. The molecule has 10 heteroatoms. The molecule has 0 spiro atoms. The number of allylic oxidation sites excluding steroid dienone is 3. The van der Waals surface area contributed by atoms with Crippen molar-refractivity contribution < 1.29 is 13.2 Å². The molecule has 3 aromatic rings. The zero-order valence-electron chi connectivity index (χ0n) is 16.1. The molecule has 0 atom stereocenters. The van der Waals surface area contributed by atoms with Gasteiger partial charge in [-0.3, -0.25) is 4.72 Å². The van der Waals surface area contributed by atoms with Gasteiger partial charge in [0.1, 0.15) is 21.9 Å². The summed E-state index contributed by atoms with van der Waals surface area (Å²) < 4.78 is 33.9. The lowest BCUT2D eigenvalue weighted by atomic mass is 10.0. The summed E-state index contributed by atoms with van der Waals surface area (Å²) in [6.07, 6.45) is 4.85. The summed E-state index contributed by atoms with van der Waals surface area (Å²) in [4.78, 5) is 3.76. The standard InChI is InChI=1S/C21H15Cl2N3O3S2/c1-3-13(4-2)17-10-15(22)5-7-19(17)29-18-8-6-16(9-14(18)11-24)31(27,28)26-21-25-12-20(23)30-21/h3-10,12H,1H2,2H3,(H,25,26)/b13-4+. The van der Waals surface area contributed by atoms with Gasteiger partial charge in [0.2, 0.25) is 0 Å². The van der Waals surface area contributed by atoms with Crippen molar-refractivity contribution in [3.63, 3.8) is 0 Å². The van der Waals surface area contributed by atoms with Gasteiger partial charge in [-0.1, -0.05) is 53.3 Å². The van der Waals surface area contributed by atoms with Crippen LogP contribution in [-0.4, -0.2) is 13.4 Å². The number of thiazole rings is 1. The summed E-state index contributed by atoms with van der Waals surface area (Å²) in [6, 6.07) is 11.0. The second-order valence-electron chi connectivity index (χ2n) is 6.04. The first-order valence-corrected chi connectivity index (χ1v) is 11.8. The number of benzene rings is 2. The number of rotatable bonds is 7. The molecule has 2 aromatic carbocycles. The van der Waals surface area contributed by atoms with Crippen molar-refractivity contribution in [2.45, 2.75) is 11.8 Å². The fourth-order valence-electron chi connectivity index (χ4n) is 2.65. The van der Waals surface area contributed by atoms with E-state index in [0.717, 1.165) is 16.9 Å². The number of sulfonamides is 1. The maximum atomic E-state index is 12.6. The third-order valence-electron chi connectivity index (χ3n) is 4.08. The summed E-state index contributed by atoms with van der Waals surface area (Å²) in [5, 5.41) is 10.2. The van der Waals surface area contributed by atoms with Crippen LogP contribution in [0.2, 0.25) is 9.36 Å². The molecule has 1 aromatic heterocycles. The lowest BCUT2D eigenvalue weighted by Crippen LogP contribution is -2.13. The summed E-state index contributed by atoms with van der Waals surface area (Å²) >= 11 is 12.9. The van der Waals surface area contributed by atoms with Crippen LogP contribution in [0.1, 0.15) is 18.1 Å². The molecule has 0 bridgehead atoms. The molecule has 1 heterocycles. The molecule has 0 aliphatic carbocycles. The van der Waals surface area contributed by atoms with Crippen molar-refractivity contribution in [1.29, 1.82) is 5.26 Å². The molecular weight excluding hydrogens is 477 g/mol. The Hall–Kier alpha value is -2.83. The second kappa shape index (κ2) is 9.54. The molecule has 0 saturated heterocycles. The third kappa shape index (κ3) is 5.27. The summed E-state index contributed by atoms with van der Waals surface area (Å²) in [5.41, 5.74) is 1.52. The molecule has 0 radical (unpaired) electrons. The number of hydrogen-bond donors (Lipinski definition) is 1. The van der Waals surface area contributed by atoms with Crippen molar-refractivity contribution in [2.75, 3.05) is 4.72 Å². The van der Waals surface area contributed by atoms with Crippen LogP contribution in [0.3, 0.4) is 0 Å². The van der Waals surface area contributed by atoms with Gasteiger partial charge >= 0.3 is 0 Å². The van der Waals surface area contributed by atoms with Crippen LogP contribution in [-0.2, 0) is 10.0 Å². The molecular formula is C21H15Cl2N3O3S2. The van der Waals surface area contributed by atoms with E-state index in [4.69, 9.17) is 27.9 Å². The van der Waals surface area contributed by atoms with Gasteiger partial charge in [-0.15, -0.1) is 0 Å². The highest BCUT2D eigenvalue weighted by atomic mass is 35.5. The fraction of sp³-hybridized carbons (Fsp3) is 0.0476. The number of hydrogen-bond acceptors (Lipinski definition) is 6. The van der Waals surface area contributed by atoms with E-state index in [1.54, 1.807) is 24.3 Å². The van der Waals surface area contributed by atoms with Gasteiger partial charge in [0, 0.05) is 10.6 Å². The van der Waals surface area contributed by atoms with Crippen LogP contribution in [0.4, 0.5) is 5.13 Å². The monoisotopic (exact) mass is 491 g/mol. The van der Waals surface area contributed by atoms with E-state index in [1.165, 1.54) is 24.4 Å². The number of ether oxygens (including phenoxy) is 1. The second-order valence-corrected chi connectivity index (χ2v) is 9.82. The van der Waals surface area contributed by atoms with Crippen LogP contribution in [0.5, 0.6) is 11.5 Å². The Morgan fingerprint density at radius 3 is 2.61 bits per heavy atom. The molecule has 3 rings (SSSR count). The van der Waals surface area contributed by atoms with Crippen molar-refractivity contribution >= 4 is 55.3 Å². The highest BCUT2D eigenvalue weighted by Crippen LogP contribution is 2.35. The van der Waals surface area contributed by atoms with Gasteiger partial charge in [0.05, 0.1) is 16.7 Å². The maximum Gasteiger partial charge on any atom is 0.263 e. The van der Waals surface area contributed by atoms with Gasteiger partial charge in [0.25, 0.3) is 10.0 Å². The maximum absolute atomic E-state index is 12.6. The van der Waals surface area contributed by atoms with E-state index in [0.29, 0.717) is 20.7 Å². The Kier molecular flexibility index (Phi) is 7.03. The van der Waals surface area contributed by atoms with E-state index in [2.05, 4.69) is 16.3 Å². The number of nitriles is 1. The van der Waals surface area contributed by atoms with E-state index in [-0.39, 0.29) is 21.3 Å². The Morgan fingerprint density at radius 1 is 1.26 bits per heavy atom. The predicted molar refractivity (Wildman–Crippen MR) is 124 cm³/mol. The van der Waals surface area contributed by atoms with Crippen LogP contribution in [0, 0.1) is 11.3 Å². The zero-order chi connectivity index (χ0) is 22.6. The number of halogens is 2. The SMILES string of the molecule is C=C/C(=C\C)c1cc(Cl)ccc1Oc1ccc(S(=O)(=O)Nc2ncc(Cl)s2)cc1C#N. The molecule has 0 amide bonds. The molecule has 31 heavy (non-hydrogen) atoms. The number of nitrogens with one attached hydrogen (secondary N) is 1. The molecule has 0 aliphatic rings. The van der Waals surface area contributed by atoms with Gasteiger partial charge in [-0.05, 0) is 48.9 Å². The lowest BCUT2D eigenvalue weighted by molar-refractivity contribution is 0.479. The van der Waals surface area contributed by atoms with Crippen molar-refractivity contribution in [3.8, 4) is 17.6 Å². The highest BCUT2D eigenvalue weighted by Gasteiger charge is 2.19. The minimum atomic E-state index is -3.96. The molecule has 0 aliphatic heterocycles. The van der Waals surface area contributed by atoms with Gasteiger partial charge in [0.15, 0.2) is 5.13 Å². The predicted octanol–water partition coefficient (Wildman–Crippen LogP) is 6.50.